The van der Waals surface area contributed by atoms with Gasteiger partial charge in [0.05, 0.1) is 0 Å². The Morgan fingerprint density at radius 1 is 1.26 bits per heavy atom. The van der Waals surface area contributed by atoms with Crippen LogP contribution in [0.5, 0.6) is 0 Å². The lowest BCUT2D eigenvalue weighted by Gasteiger charge is -2.12. The normalized spacial score (nSPS) is 13.5. The zero-order valence-corrected chi connectivity index (χ0v) is 11.1. The number of aromatic nitrogens is 2. The van der Waals surface area contributed by atoms with Crippen LogP contribution in [0.2, 0.25) is 0 Å². The van der Waals surface area contributed by atoms with E-state index in [0.717, 1.165) is 28.9 Å². The van der Waals surface area contributed by atoms with E-state index in [4.69, 9.17) is 5.11 Å². The first-order valence-corrected chi connectivity index (χ1v) is 6.99. The number of halogens is 3. The molecule has 0 saturated carbocycles. The molecule has 2 rings (SSSR count). The lowest BCUT2D eigenvalue weighted by Crippen LogP contribution is -2.30. The monoisotopic (exact) mass is 306 g/mol. The molecule has 0 unspecified atom stereocenters. The van der Waals surface area contributed by atoms with Gasteiger partial charge in [-0.1, -0.05) is 42.1 Å². The Bertz CT molecular complexity index is 530. The number of hydrogen-bond donors (Lipinski definition) is 1. The molecule has 1 aromatic carbocycles. The Balaban J connectivity index is 1.99. The molecule has 1 heterocycles. The molecule has 0 fully saturated rings. The third-order valence-corrected chi connectivity index (χ3v) is 4.09. The van der Waals surface area contributed by atoms with Crippen molar-refractivity contribution < 1.29 is 18.3 Å². The van der Waals surface area contributed by atoms with Gasteiger partial charge in [0.15, 0.2) is 16.3 Å². The van der Waals surface area contributed by atoms with Crippen LogP contribution in [-0.4, -0.2) is 32.5 Å². The molecular formula is C11H9F3N2OS2. The Labute approximate surface area is 115 Å². The zero-order valence-electron chi connectivity index (χ0n) is 9.46. The summed E-state index contributed by atoms with van der Waals surface area (Å²) in [5, 5.41) is 8.88. The van der Waals surface area contributed by atoms with Gasteiger partial charge in [0, 0.05) is 11.3 Å². The minimum atomic E-state index is -4.60. The van der Waals surface area contributed by atoms with Gasteiger partial charge in [-0.2, -0.15) is 17.5 Å². The average Bonchev–Trinajstić information content (AvgIpc) is 2.84. The summed E-state index contributed by atoms with van der Waals surface area (Å²) in [7, 11) is 0. The van der Waals surface area contributed by atoms with Crippen LogP contribution in [0.15, 0.2) is 34.7 Å². The Kier molecular flexibility index (Phi) is 4.43. The van der Waals surface area contributed by atoms with Gasteiger partial charge >= 0.3 is 6.18 Å². The first-order valence-electron chi connectivity index (χ1n) is 5.23. The van der Waals surface area contributed by atoms with Gasteiger partial charge in [0.1, 0.15) is 0 Å². The van der Waals surface area contributed by atoms with Crippen LogP contribution in [0.1, 0.15) is 0 Å². The number of aliphatic hydroxyl groups excluding tert-OH is 1. The van der Waals surface area contributed by atoms with Gasteiger partial charge < -0.3 is 5.11 Å². The van der Waals surface area contributed by atoms with E-state index in [1.54, 1.807) is 0 Å². The molecular weight excluding hydrogens is 297 g/mol. The highest BCUT2D eigenvalue weighted by Crippen LogP contribution is 2.29. The molecule has 1 aromatic heterocycles. The van der Waals surface area contributed by atoms with E-state index in [0.29, 0.717) is 10.2 Å². The molecule has 0 aliphatic carbocycles. The Hall–Kier alpha value is -1.12. The molecule has 8 heteroatoms. The molecule has 3 nitrogen and oxygen atoms in total. The topological polar surface area (TPSA) is 46.0 Å². The minimum Gasteiger partial charge on any atom is -0.383 e. The van der Waals surface area contributed by atoms with Crippen LogP contribution in [0, 0.1) is 0 Å². The molecule has 0 saturated heterocycles. The fraction of sp³-hybridized carbons (Fsp3) is 0.273. The van der Waals surface area contributed by atoms with Crippen LogP contribution in [0.4, 0.5) is 13.2 Å². The summed E-state index contributed by atoms with van der Waals surface area (Å²) in [6.45, 7) is 0. The largest absolute Gasteiger partial charge is 0.415 e. The van der Waals surface area contributed by atoms with Crippen molar-refractivity contribution in [1.82, 2.24) is 9.36 Å². The van der Waals surface area contributed by atoms with Crippen LogP contribution in [-0.2, 0) is 0 Å². The molecule has 2 aromatic rings. The zero-order chi connectivity index (χ0) is 13.9. The summed E-state index contributed by atoms with van der Waals surface area (Å²) in [6, 6.07) is 9.15. The van der Waals surface area contributed by atoms with Crippen molar-refractivity contribution in [1.29, 1.82) is 0 Å². The Morgan fingerprint density at radius 2 is 1.95 bits per heavy atom. The summed E-state index contributed by atoms with van der Waals surface area (Å²) in [5.41, 5.74) is 0.807. The van der Waals surface area contributed by atoms with Crippen molar-refractivity contribution in [3.63, 3.8) is 0 Å². The summed E-state index contributed by atoms with van der Waals surface area (Å²) in [6.07, 6.45) is -6.94. The third-order valence-electron chi connectivity index (χ3n) is 2.18. The first-order chi connectivity index (χ1) is 8.97. The third kappa shape index (κ3) is 3.92. The fourth-order valence-corrected chi connectivity index (χ4v) is 2.82. The molecule has 19 heavy (non-hydrogen) atoms. The molecule has 0 amide bonds. The van der Waals surface area contributed by atoms with Crippen molar-refractivity contribution >= 4 is 23.3 Å². The van der Waals surface area contributed by atoms with Crippen molar-refractivity contribution in [3.05, 3.63) is 30.3 Å². The minimum absolute atomic E-state index is 0.405. The van der Waals surface area contributed by atoms with Gasteiger partial charge in [0.2, 0.25) is 0 Å². The van der Waals surface area contributed by atoms with E-state index in [-0.39, 0.29) is 0 Å². The number of nitrogens with zero attached hydrogens (tertiary/aromatic N) is 2. The quantitative estimate of drug-likeness (QED) is 0.881. The second kappa shape index (κ2) is 5.89. The summed E-state index contributed by atoms with van der Waals surface area (Å²) in [5.74, 6) is 0.00187. The Morgan fingerprint density at radius 3 is 2.58 bits per heavy atom. The van der Waals surface area contributed by atoms with E-state index < -0.39 is 18.0 Å². The molecule has 0 bridgehead atoms. The van der Waals surface area contributed by atoms with Gasteiger partial charge in [-0.15, -0.1) is 0 Å². The maximum atomic E-state index is 12.1. The summed E-state index contributed by atoms with van der Waals surface area (Å²) >= 11 is 1.87. The fourth-order valence-electron chi connectivity index (χ4n) is 1.22. The number of thioether (sulfide) groups is 1. The highest BCUT2D eigenvalue weighted by molar-refractivity contribution is 8.00. The lowest BCUT2D eigenvalue weighted by atomic mass is 10.2. The highest BCUT2D eigenvalue weighted by atomic mass is 32.2. The maximum Gasteiger partial charge on any atom is 0.415 e. The first kappa shape index (κ1) is 14.3. The summed E-state index contributed by atoms with van der Waals surface area (Å²) < 4.78 is 40.9. The standard InChI is InChI=1S/C11H9F3N2OS2/c12-11(13,14)8(17)6-18-10-15-9(16-19-10)7-4-2-1-3-5-7/h1-5,8,17H,6H2/t8-/m0/s1. The van der Waals surface area contributed by atoms with Crippen LogP contribution < -0.4 is 0 Å². The van der Waals surface area contributed by atoms with Crippen LogP contribution in [0.3, 0.4) is 0 Å². The molecule has 1 N–H and O–H groups in total. The molecule has 1 atom stereocenters. The predicted molar refractivity (Wildman–Crippen MR) is 68.1 cm³/mol. The van der Waals surface area contributed by atoms with Gasteiger partial charge in [-0.05, 0) is 11.5 Å². The highest BCUT2D eigenvalue weighted by Gasteiger charge is 2.38. The lowest BCUT2D eigenvalue weighted by molar-refractivity contribution is -0.195. The van der Waals surface area contributed by atoms with E-state index in [2.05, 4.69) is 9.36 Å². The number of rotatable bonds is 4. The van der Waals surface area contributed by atoms with E-state index in [1.807, 2.05) is 30.3 Å². The number of alkyl halides is 3. The van der Waals surface area contributed by atoms with Crippen molar-refractivity contribution in [3.8, 4) is 11.4 Å². The molecule has 0 radical (unpaired) electrons. The number of hydrogen-bond acceptors (Lipinski definition) is 5. The smallest absolute Gasteiger partial charge is 0.383 e. The van der Waals surface area contributed by atoms with Gasteiger partial charge in [0.25, 0.3) is 0 Å². The van der Waals surface area contributed by atoms with Crippen LogP contribution >= 0.6 is 23.3 Å². The van der Waals surface area contributed by atoms with E-state index in [1.165, 1.54) is 0 Å². The van der Waals surface area contributed by atoms with Crippen molar-refractivity contribution in [2.45, 2.75) is 16.6 Å². The second-order valence-corrected chi connectivity index (χ2v) is 5.64. The van der Waals surface area contributed by atoms with Gasteiger partial charge in [-0.3, -0.25) is 0 Å². The SMILES string of the molecule is O[C@@H](CSc1nc(-c2ccccc2)ns1)C(F)(F)F. The molecule has 0 spiro atoms. The number of benzene rings is 1. The molecule has 0 aliphatic heterocycles. The van der Waals surface area contributed by atoms with Gasteiger partial charge in [-0.25, -0.2) is 4.98 Å². The van der Waals surface area contributed by atoms with E-state index >= 15 is 0 Å². The maximum absolute atomic E-state index is 12.1. The predicted octanol–water partition coefficient (Wildman–Crippen LogP) is 3.22. The summed E-state index contributed by atoms with van der Waals surface area (Å²) in [4.78, 5) is 4.13. The van der Waals surface area contributed by atoms with Crippen molar-refractivity contribution in [2.24, 2.45) is 0 Å². The second-order valence-electron chi connectivity index (χ2n) is 3.62. The van der Waals surface area contributed by atoms with Crippen LogP contribution in [0.25, 0.3) is 11.4 Å². The van der Waals surface area contributed by atoms with E-state index in [9.17, 15) is 13.2 Å². The molecule has 102 valence electrons. The molecule has 0 aliphatic rings. The average molecular weight is 306 g/mol. The number of aliphatic hydroxyl groups is 1. The van der Waals surface area contributed by atoms with Crippen molar-refractivity contribution in [2.75, 3.05) is 5.75 Å².